The zero-order valence-corrected chi connectivity index (χ0v) is 25.0. The molecule has 0 aliphatic carbocycles. The molecule has 2 aliphatic heterocycles. The molecular weight excluding hydrogens is 512 g/mol. The van der Waals surface area contributed by atoms with E-state index < -0.39 is 0 Å². The highest BCUT2D eigenvalue weighted by Gasteiger charge is 2.28. The van der Waals surface area contributed by atoms with Crippen molar-refractivity contribution in [2.75, 3.05) is 38.1 Å². The Hall–Kier alpha value is -3.49. The third-order valence-corrected chi connectivity index (χ3v) is 8.49. The molecule has 0 spiro atoms. The predicted octanol–water partition coefficient (Wildman–Crippen LogP) is 4.54. The van der Waals surface area contributed by atoms with E-state index >= 15 is 0 Å². The fourth-order valence-corrected chi connectivity index (χ4v) is 6.32. The lowest BCUT2D eigenvalue weighted by atomic mass is 10.0. The van der Waals surface area contributed by atoms with Gasteiger partial charge in [-0.25, -0.2) is 0 Å². The maximum absolute atomic E-state index is 14.0. The van der Waals surface area contributed by atoms with Crippen molar-refractivity contribution in [3.05, 3.63) is 82.0 Å². The highest BCUT2D eigenvalue weighted by Crippen LogP contribution is 2.28. The number of fused-ring (bicyclic) bond motifs is 1. The van der Waals surface area contributed by atoms with Crippen molar-refractivity contribution < 1.29 is 5.11 Å². The van der Waals surface area contributed by atoms with Gasteiger partial charge in [0.25, 0.3) is 0 Å². The molecule has 8 nitrogen and oxygen atoms in total. The number of allylic oxidation sites excluding steroid dienone is 1. The fourth-order valence-electron chi connectivity index (χ4n) is 6.32. The summed E-state index contributed by atoms with van der Waals surface area (Å²) in [5.74, 6) is 0. The third kappa shape index (κ3) is 6.54. The van der Waals surface area contributed by atoms with Crippen molar-refractivity contribution in [1.29, 1.82) is 0 Å². The Bertz CT molecular complexity index is 1480. The summed E-state index contributed by atoms with van der Waals surface area (Å²) in [6.07, 6.45) is 8.39. The monoisotopic (exact) mass is 556 g/mol. The maximum atomic E-state index is 14.0. The molecule has 3 aromatic rings. The van der Waals surface area contributed by atoms with Crippen LogP contribution in [0.4, 0.5) is 5.69 Å². The topological polar surface area (TPSA) is 77.2 Å². The smallest absolute Gasteiger partial charge is 0.193 e. The van der Waals surface area contributed by atoms with Gasteiger partial charge in [-0.3, -0.25) is 19.7 Å². The molecule has 0 bridgehead atoms. The number of hydrogen-bond donors (Lipinski definition) is 1. The summed E-state index contributed by atoms with van der Waals surface area (Å²) in [5.41, 5.74) is 6.04. The molecule has 2 fully saturated rings. The second kappa shape index (κ2) is 12.6. The number of aromatic nitrogens is 2. The molecule has 2 saturated heterocycles. The number of aliphatic hydroxyl groups excluding tert-OH is 1. The van der Waals surface area contributed by atoms with E-state index in [0.29, 0.717) is 13.1 Å². The predicted molar refractivity (Wildman–Crippen MR) is 168 cm³/mol. The van der Waals surface area contributed by atoms with E-state index in [1.807, 2.05) is 31.5 Å². The summed E-state index contributed by atoms with van der Waals surface area (Å²) in [4.78, 5) is 29.6. The van der Waals surface area contributed by atoms with E-state index in [1.54, 1.807) is 7.05 Å². The van der Waals surface area contributed by atoms with Gasteiger partial charge < -0.3 is 19.5 Å². The zero-order valence-electron chi connectivity index (χ0n) is 25.0. The SMILES string of the molecule is C=C(/C=N\C)N1CCC[C@H](N(Cc2ccnc(C)c2)Cc2cn(C(C)C)c3cc(N4CC[C@@H](O)C4)ccc3c2=O)C1. The first-order chi connectivity index (χ1) is 19.7. The lowest BCUT2D eigenvalue weighted by Gasteiger charge is -2.40. The summed E-state index contributed by atoms with van der Waals surface area (Å²) in [6.45, 7) is 15.2. The molecule has 8 heteroatoms. The lowest BCUT2D eigenvalue weighted by Crippen LogP contribution is -2.47. The van der Waals surface area contributed by atoms with Gasteiger partial charge in [0.15, 0.2) is 5.43 Å². The van der Waals surface area contributed by atoms with Crippen LogP contribution in [-0.4, -0.2) is 76.0 Å². The second-order valence-electron chi connectivity index (χ2n) is 11.9. The van der Waals surface area contributed by atoms with E-state index in [1.165, 1.54) is 5.56 Å². The molecule has 2 aliphatic rings. The van der Waals surface area contributed by atoms with Crippen LogP contribution in [-0.2, 0) is 13.1 Å². The Balaban J connectivity index is 1.51. The van der Waals surface area contributed by atoms with Crippen molar-refractivity contribution in [2.24, 2.45) is 4.99 Å². The number of β-amino-alcohol motifs (C(OH)–C–C–N with tert-alkyl or cyclic N) is 1. The van der Waals surface area contributed by atoms with Gasteiger partial charge in [-0.15, -0.1) is 0 Å². The van der Waals surface area contributed by atoms with Crippen LogP contribution in [0.25, 0.3) is 10.9 Å². The van der Waals surface area contributed by atoms with E-state index in [0.717, 1.165) is 79.0 Å². The van der Waals surface area contributed by atoms with E-state index in [4.69, 9.17) is 0 Å². The molecule has 1 N–H and O–H groups in total. The first-order valence-electron chi connectivity index (χ1n) is 14.9. The molecule has 0 amide bonds. The fraction of sp³-hybridized carbons (Fsp3) is 0.485. The van der Waals surface area contributed by atoms with Gasteiger partial charge in [0, 0.05) is 105 Å². The van der Waals surface area contributed by atoms with Crippen molar-refractivity contribution in [2.45, 2.75) is 71.3 Å². The van der Waals surface area contributed by atoms with Crippen LogP contribution in [0.5, 0.6) is 0 Å². The largest absolute Gasteiger partial charge is 0.391 e. The molecule has 218 valence electrons. The number of aliphatic imine (C=N–C) groups is 1. The summed E-state index contributed by atoms with van der Waals surface area (Å²) >= 11 is 0. The summed E-state index contributed by atoms with van der Waals surface area (Å²) < 4.78 is 2.24. The molecule has 0 unspecified atom stereocenters. The minimum atomic E-state index is -0.294. The molecule has 41 heavy (non-hydrogen) atoms. The van der Waals surface area contributed by atoms with E-state index in [9.17, 15) is 9.90 Å². The van der Waals surface area contributed by atoms with Crippen molar-refractivity contribution in [3.63, 3.8) is 0 Å². The molecular formula is C33H44N6O2. The van der Waals surface area contributed by atoms with E-state index in [2.05, 4.69) is 74.1 Å². The maximum Gasteiger partial charge on any atom is 0.193 e. The highest BCUT2D eigenvalue weighted by molar-refractivity contribution is 5.83. The van der Waals surface area contributed by atoms with Gasteiger partial charge in [-0.05, 0) is 75.9 Å². The normalized spacial score (nSPS) is 19.8. The summed E-state index contributed by atoms with van der Waals surface area (Å²) in [7, 11) is 1.78. The molecule has 1 aromatic carbocycles. The van der Waals surface area contributed by atoms with Crippen molar-refractivity contribution in [3.8, 4) is 0 Å². The highest BCUT2D eigenvalue weighted by atomic mass is 16.3. The number of piperidine rings is 1. The van der Waals surface area contributed by atoms with Gasteiger partial charge in [0.2, 0.25) is 0 Å². The van der Waals surface area contributed by atoms with Gasteiger partial charge in [0.1, 0.15) is 0 Å². The average molecular weight is 557 g/mol. The van der Waals surface area contributed by atoms with Crippen LogP contribution in [0.1, 0.15) is 56.0 Å². The first-order valence-corrected chi connectivity index (χ1v) is 14.9. The van der Waals surface area contributed by atoms with E-state index in [-0.39, 0.29) is 23.6 Å². The van der Waals surface area contributed by atoms with Crippen LogP contribution in [0, 0.1) is 6.92 Å². The van der Waals surface area contributed by atoms with Gasteiger partial charge in [-0.2, -0.15) is 0 Å². The third-order valence-electron chi connectivity index (χ3n) is 8.49. The Morgan fingerprint density at radius 1 is 1.20 bits per heavy atom. The summed E-state index contributed by atoms with van der Waals surface area (Å²) in [5, 5.41) is 10.8. The van der Waals surface area contributed by atoms with Crippen LogP contribution in [0.15, 0.2) is 64.8 Å². The van der Waals surface area contributed by atoms with Gasteiger partial charge in [-0.1, -0.05) is 6.58 Å². The number of hydrogen-bond acceptors (Lipinski definition) is 7. The van der Waals surface area contributed by atoms with Crippen molar-refractivity contribution in [1.82, 2.24) is 19.4 Å². The Labute approximate surface area is 243 Å². The first kappa shape index (κ1) is 29.0. The Kier molecular flexibility index (Phi) is 8.90. The Morgan fingerprint density at radius 3 is 2.73 bits per heavy atom. The number of benzene rings is 1. The zero-order chi connectivity index (χ0) is 29.1. The number of pyridine rings is 2. The van der Waals surface area contributed by atoms with Crippen LogP contribution in [0.3, 0.4) is 0 Å². The average Bonchev–Trinajstić information content (AvgIpc) is 3.40. The van der Waals surface area contributed by atoms with Crippen molar-refractivity contribution >= 4 is 22.8 Å². The number of anilines is 1. The lowest BCUT2D eigenvalue weighted by molar-refractivity contribution is 0.105. The molecule has 5 rings (SSSR count). The number of nitrogens with zero attached hydrogens (tertiary/aromatic N) is 6. The number of likely N-dealkylation sites (tertiary alicyclic amines) is 1. The van der Waals surface area contributed by atoms with Gasteiger partial charge in [0.05, 0.1) is 11.6 Å². The Morgan fingerprint density at radius 2 is 2.02 bits per heavy atom. The molecule has 2 aromatic heterocycles. The quantitative estimate of drug-likeness (QED) is 0.390. The molecule has 0 radical (unpaired) electrons. The molecule has 0 saturated carbocycles. The van der Waals surface area contributed by atoms with Crippen LogP contribution in [0.2, 0.25) is 0 Å². The van der Waals surface area contributed by atoms with Crippen LogP contribution >= 0.6 is 0 Å². The van der Waals surface area contributed by atoms with Crippen LogP contribution < -0.4 is 10.3 Å². The molecule has 2 atom stereocenters. The summed E-state index contributed by atoms with van der Waals surface area (Å²) in [6, 6.07) is 10.8. The minimum absolute atomic E-state index is 0.0935. The number of aryl methyl sites for hydroxylation is 1. The molecule has 4 heterocycles. The second-order valence-corrected chi connectivity index (χ2v) is 11.9. The minimum Gasteiger partial charge on any atom is -0.391 e. The number of rotatable bonds is 9. The number of aliphatic hydroxyl groups is 1. The van der Waals surface area contributed by atoms with Gasteiger partial charge >= 0.3 is 0 Å². The standard InChI is InChI=1S/C33H44N6O2/c1-23(2)39-20-27(33(41)31-9-8-28(16-32(31)39)37-14-11-30(40)22-37)19-38(18-26-10-12-35-24(3)15-26)29-7-6-13-36(21-29)25(4)17-34-5/h8-10,12,15-17,20,23,29-30,40H,4,6-7,11,13-14,18-19,21-22H2,1-3,5H3/b34-17-/t29-,30+/m0/s1.